The maximum Gasteiger partial charge on any atom is 0.134 e. The maximum atomic E-state index is 9.67. The molecule has 4 rings (SSSR count). The largest absolute Gasteiger partial charge is 0.394 e. The second-order valence-electron chi connectivity index (χ2n) is 7.92. The minimum absolute atomic E-state index is 0.194. The molecule has 3 heterocycles. The summed E-state index contributed by atoms with van der Waals surface area (Å²) in [4.78, 5) is 13.7. The monoisotopic (exact) mass is 346 g/mol. The van der Waals surface area contributed by atoms with Crippen molar-refractivity contribution in [2.45, 2.75) is 57.6 Å². The van der Waals surface area contributed by atoms with Gasteiger partial charge in [-0.3, -0.25) is 0 Å². The predicted molar refractivity (Wildman–Crippen MR) is 98.0 cm³/mol. The molecule has 1 saturated carbocycles. The van der Waals surface area contributed by atoms with Crippen LogP contribution in [-0.4, -0.2) is 60.1 Å². The maximum absolute atomic E-state index is 9.67. The molecular formula is C19H30N4O2. The quantitative estimate of drug-likeness (QED) is 0.882. The third kappa shape index (κ3) is 3.34. The zero-order valence-electron chi connectivity index (χ0n) is 15.2. The highest BCUT2D eigenvalue weighted by atomic mass is 16.5. The van der Waals surface area contributed by atoms with Gasteiger partial charge in [0.1, 0.15) is 18.0 Å². The number of nitrogens with zero attached hydrogens (tertiary/aromatic N) is 4. The molecule has 1 aromatic heterocycles. The van der Waals surface area contributed by atoms with Crippen LogP contribution < -0.4 is 9.80 Å². The van der Waals surface area contributed by atoms with Crippen LogP contribution in [0.2, 0.25) is 0 Å². The average molecular weight is 346 g/mol. The third-order valence-electron chi connectivity index (χ3n) is 6.26. The Hall–Kier alpha value is -1.40. The molecule has 1 atom stereocenters. The number of aliphatic hydroxyl groups is 1. The molecule has 3 aliphatic rings. The standard InChI is InChI=1S/C19H30N4O2/c1-2-25-16-10-19(11-16)6-8-22(13-19)17-9-18(21-14-20-17)23-7-4-3-5-15(23)12-24/h9,14-16,24H,2-8,10-13H2,1H3. The van der Waals surface area contributed by atoms with Crippen LogP contribution in [0.1, 0.15) is 45.4 Å². The molecule has 1 N–H and O–H groups in total. The summed E-state index contributed by atoms with van der Waals surface area (Å²) in [5.74, 6) is 1.99. The van der Waals surface area contributed by atoms with Gasteiger partial charge in [-0.1, -0.05) is 0 Å². The lowest BCUT2D eigenvalue weighted by atomic mass is 9.66. The fourth-order valence-electron chi connectivity index (χ4n) is 4.88. The van der Waals surface area contributed by atoms with Crippen molar-refractivity contribution < 1.29 is 9.84 Å². The smallest absolute Gasteiger partial charge is 0.134 e. The van der Waals surface area contributed by atoms with Gasteiger partial charge in [0.05, 0.1) is 18.8 Å². The molecule has 6 nitrogen and oxygen atoms in total. The Morgan fingerprint density at radius 1 is 1.24 bits per heavy atom. The van der Waals surface area contributed by atoms with Gasteiger partial charge < -0.3 is 19.6 Å². The van der Waals surface area contributed by atoms with Crippen molar-refractivity contribution in [2.24, 2.45) is 5.41 Å². The number of piperidine rings is 1. The van der Waals surface area contributed by atoms with Crippen molar-refractivity contribution in [3.05, 3.63) is 12.4 Å². The first-order chi connectivity index (χ1) is 12.2. The van der Waals surface area contributed by atoms with Crippen LogP contribution in [0, 0.1) is 5.41 Å². The Morgan fingerprint density at radius 2 is 2.08 bits per heavy atom. The van der Waals surface area contributed by atoms with Crippen LogP contribution in [0.5, 0.6) is 0 Å². The Kier molecular flexibility index (Phi) is 4.82. The number of rotatable bonds is 5. The lowest BCUT2D eigenvalue weighted by molar-refractivity contribution is -0.0669. The predicted octanol–water partition coefficient (Wildman–Crippen LogP) is 2.22. The Balaban J connectivity index is 1.44. The van der Waals surface area contributed by atoms with Gasteiger partial charge in [-0.05, 0) is 50.9 Å². The fourth-order valence-corrected chi connectivity index (χ4v) is 4.88. The van der Waals surface area contributed by atoms with Crippen molar-refractivity contribution in [3.63, 3.8) is 0 Å². The lowest BCUT2D eigenvalue weighted by Crippen LogP contribution is -2.44. The topological polar surface area (TPSA) is 61.7 Å². The van der Waals surface area contributed by atoms with E-state index in [2.05, 4.69) is 32.8 Å². The highest BCUT2D eigenvalue weighted by molar-refractivity contribution is 5.52. The first-order valence-corrected chi connectivity index (χ1v) is 9.79. The van der Waals surface area contributed by atoms with Crippen LogP contribution in [0.15, 0.2) is 12.4 Å². The number of hydrogen-bond acceptors (Lipinski definition) is 6. The number of aromatic nitrogens is 2. The zero-order chi connectivity index (χ0) is 17.3. The summed E-state index contributed by atoms with van der Waals surface area (Å²) in [5, 5.41) is 9.67. The molecule has 1 spiro atoms. The van der Waals surface area contributed by atoms with E-state index in [0.717, 1.165) is 44.3 Å². The van der Waals surface area contributed by atoms with Gasteiger partial charge in [0, 0.05) is 32.3 Å². The number of ether oxygens (including phenoxy) is 1. The van der Waals surface area contributed by atoms with Gasteiger partial charge >= 0.3 is 0 Å². The van der Waals surface area contributed by atoms with Crippen molar-refractivity contribution in [1.29, 1.82) is 0 Å². The van der Waals surface area contributed by atoms with Gasteiger partial charge in [0.2, 0.25) is 0 Å². The Labute approximate surface area is 150 Å². The molecule has 0 radical (unpaired) electrons. The van der Waals surface area contributed by atoms with E-state index in [-0.39, 0.29) is 12.6 Å². The van der Waals surface area contributed by atoms with Crippen LogP contribution >= 0.6 is 0 Å². The molecule has 2 aliphatic heterocycles. The summed E-state index contributed by atoms with van der Waals surface area (Å²) in [6, 6.07) is 2.31. The van der Waals surface area contributed by atoms with E-state index in [1.54, 1.807) is 6.33 Å². The average Bonchev–Trinajstić information content (AvgIpc) is 3.07. The first-order valence-electron chi connectivity index (χ1n) is 9.79. The molecule has 0 bridgehead atoms. The van der Waals surface area contributed by atoms with Crippen molar-refractivity contribution in [2.75, 3.05) is 42.6 Å². The minimum Gasteiger partial charge on any atom is -0.394 e. The van der Waals surface area contributed by atoms with E-state index in [1.807, 2.05) is 0 Å². The minimum atomic E-state index is 0.194. The summed E-state index contributed by atoms with van der Waals surface area (Å²) in [5.41, 5.74) is 0.434. The number of hydrogen-bond donors (Lipinski definition) is 1. The highest BCUT2D eigenvalue weighted by Gasteiger charge is 2.49. The van der Waals surface area contributed by atoms with E-state index in [1.165, 1.54) is 32.1 Å². The molecule has 0 amide bonds. The third-order valence-corrected chi connectivity index (χ3v) is 6.26. The molecule has 2 saturated heterocycles. The van der Waals surface area contributed by atoms with Gasteiger partial charge in [-0.2, -0.15) is 0 Å². The molecule has 0 aromatic carbocycles. The Morgan fingerprint density at radius 3 is 2.88 bits per heavy atom. The number of aliphatic hydroxyl groups excluding tert-OH is 1. The summed E-state index contributed by atoms with van der Waals surface area (Å²) in [7, 11) is 0. The Bertz CT molecular complexity index is 591. The van der Waals surface area contributed by atoms with Crippen LogP contribution in [-0.2, 0) is 4.74 Å². The second kappa shape index (κ2) is 7.08. The molecule has 138 valence electrons. The molecular weight excluding hydrogens is 316 g/mol. The van der Waals surface area contributed by atoms with E-state index in [4.69, 9.17) is 4.74 Å². The molecule has 3 fully saturated rings. The zero-order valence-corrected chi connectivity index (χ0v) is 15.2. The molecule has 25 heavy (non-hydrogen) atoms. The van der Waals surface area contributed by atoms with E-state index in [0.29, 0.717) is 11.5 Å². The van der Waals surface area contributed by atoms with Crippen molar-refractivity contribution in [1.82, 2.24) is 9.97 Å². The van der Waals surface area contributed by atoms with Crippen LogP contribution in [0.25, 0.3) is 0 Å². The van der Waals surface area contributed by atoms with Gasteiger partial charge in [0.15, 0.2) is 0 Å². The number of anilines is 2. The molecule has 1 unspecified atom stereocenters. The highest BCUT2D eigenvalue weighted by Crippen LogP contribution is 2.50. The summed E-state index contributed by atoms with van der Waals surface area (Å²) in [6.07, 6.45) is 9.16. The van der Waals surface area contributed by atoms with Crippen molar-refractivity contribution >= 4 is 11.6 Å². The van der Waals surface area contributed by atoms with E-state index in [9.17, 15) is 5.11 Å². The first kappa shape index (κ1) is 17.0. The van der Waals surface area contributed by atoms with Gasteiger partial charge in [-0.15, -0.1) is 0 Å². The van der Waals surface area contributed by atoms with Crippen LogP contribution in [0.4, 0.5) is 11.6 Å². The van der Waals surface area contributed by atoms with E-state index >= 15 is 0 Å². The lowest BCUT2D eigenvalue weighted by Gasteiger charge is -2.44. The summed E-state index contributed by atoms with van der Waals surface area (Å²) in [6.45, 7) is 6.22. The van der Waals surface area contributed by atoms with Gasteiger partial charge in [0.25, 0.3) is 0 Å². The van der Waals surface area contributed by atoms with Crippen molar-refractivity contribution in [3.8, 4) is 0 Å². The van der Waals surface area contributed by atoms with Crippen LogP contribution in [0.3, 0.4) is 0 Å². The molecule has 1 aliphatic carbocycles. The normalized spacial score (nSPS) is 32.2. The summed E-state index contributed by atoms with van der Waals surface area (Å²) < 4.78 is 5.75. The summed E-state index contributed by atoms with van der Waals surface area (Å²) >= 11 is 0. The molecule has 6 heteroatoms. The fraction of sp³-hybridized carbons (Fsp3) is 0.789. The van der Waals surface area contributed by atoms with E-state index < -0.39 is 0 Å². The molecule has 1 aromatic rings. The van der Waals surface area contributed by atoms with Gasteiger partial charge in [-0.25, -0.2) is 9.97 Å². The SMILES string of the molecule is CCOC1CC2(CCN(c3cc(N4CCCCC4CO)ncn3)C2)C1. The second-order valence-corrected chi connectivity index (χ2v) is 7.92.